The number of nitrogens with zero attached hydrogens (tertiary/aromatic N) is 2. The fourth-order valence-electron chi connectivity index (χ4n) is 1.48. The van der Waals surface area contributed by atoms with Crippen LogP contribution in [0.5, 0.6) is 0 Å². The third-order valence-corrected chi connectivity index (χ3v) is 3.14. The summed E-state index contributed by atoms with van der Waals surface area (Å²) in [5, 5.41) is 3.53. The van der Waals surface area contributed by atoms with Crippen molar-refractivity contribution in [1.82, 2.24) is 10.3 Å². The molecule has 2 fully saturated rings. The van der Waals surface area contributed by atoms with E-state index in [0.29, 0.717) is 6.79 Å². The van der Waals surface area contributed by atoms with E-state index in [9.17, 15) is 0 Å². The van der Waals surface area contributed by atoms with Gasteiger partial charge in [-0.1, -0.05) is 40.7 Å². The molecule has 2 heterocycles. The summed E-state index contributed by atoms with van der Waals surface area (Å²) >= 11 is 1.66. The molecular formula is C9H9N2O2S. The zero-order chi connectivity index (χ0) is 9.38. The van der Waals surface area contributed by atoms with Gasteiger partial charge in [-0.3, -0.25) is 9.68 Å². The van der Waals surface area contributed by atoms with Crippen molar-refractivity contribution >= 4 is 11.8 Å². The molecule has 1 aromatic carbocycles. The van der Waals surface area contributed by atoms with E-state index in [0.717, 1.165) is 0 Å². The van der Waals surface area contributed by atoms with E-state index in [-0.39, 0.29) is 5.37 Å². The maximum absolute atomic E-state index is 5.33. The molecular weight excluding hydrogens is 200 g/mol. The first-order valence-electron chi connectivity index (χ1n) is 4.33. The average molecular weight is 209 g/mol. The Morgan fingerprint density at radius 2 is 2.07 bits per heavy atom. The van der Waals surface area contributed by atoms with Crippen LogP contribution in [-0.2, 0) is 9.68 Å². The highest BCUT2D eigenvalue weighted by molar-refractivity contribution is 8.01. The minimum Gasteiger partial charge on any atom is -0.250 e. The molecule has 0 N–H and O–H groups in total. The summed E-state index contributed by atoms with van der Waals surface area (Å²) in [4.78, 5) is 10.5. The fourth-order valence-corrected chi connectivity index (χ4v) is 2.42. The summed E-state index contributed by atoms with van der Waals surface area (Å²) in [5.74, 6) is 1.91. The highest BCUT2D eigenvalue weighted by Gasteiger charge is 2.39. The smallest absolute Gasteiger partial charge is 0.191 e. The normalized spacial score (nSPS) is 28.1. The molecule has 14 heavy (non-hydrogen) atoms. The van der Waals surface area contributed by atoms with Crippen LogP contribution in [0.3, 0.4) is 0 Å². The van der Waals surface area contributed by atoms with Crippen molar-refractivity contribution < 1.29 is 9.68 Å². The van der Waals surface area contributed by atoms with Crippen LogP contribution in [-0.4, -0.2) is 17.1 Å². The molecule has 2 saturated heterocycles. The number of hydroxylamine groups is 2. The molecule has 73 valence electrons. The second-order valence-corrected chi connectivity index (χ2v) is 3.92. The van der Waals surface area contributed by atoms with Gasteiger partial charge in [-0.2, -0.15) is 0 Å². The molecule has 1 radical (unpaired) electrons. The van der Waals surface area contributed by atoms with Gasteiger partial charge in [0.1, 0.15) is 11.3 Å². The zero-order valence-electron chi connectivity index (χ0n) is 7.37. The average Bonchev–Trinajstić information content (AvgIpc) is 2.79. The predicted molar refractivity (Wildman–Crippen MR) is 51.8 cm³/mol. The largest absolute Gasteiger partial charge is 0.250 e. The van der Waals surface area contributed by atoms with E-state index < -0.39 is 0 Å². The lowest BCUT2D eigenvalue weighted by Crippen LogP contribution is -2.27. The SMILES string of the molecule is [CH]1SC(c2ccccc2)N2OCON12. The minimum atomic E-state index is 0.165. The van der Waals surface area contributed by atoms with Crippen LogP contribution in [0.15, 0.2) is 30.3 Å². The molecule has 0 saturated carbocycles. The second-order valence-electron chi connectivity index (χ2n) is 2.99. The summed E-state index contributed by atoms with van der Waals surface area (Å²) < 4.78 is 0. The van der Waals surface area contributed by atoms with E-state index in [1.54, 1.807) is 22.1 Å². The first kappa shape index (κ1) is 8.70. The molecule has 0 spiro atoms. The van der Waals surface area contributed by atoms with E-state index in [2.05, 4.69) is 12.1 Å². The van der Waals surface area contributed by atoms with Crippen LogP contribution in [0.25, 0.3) is 0 Å². The summed E-state index contributed by atoms with van der Waals surface area (Å²) in [6, 6.07) is 10.2. The molecule has 2 aliphatic heterocycles. The lowest BCUT2D eigenvalue weighted by atomic mass is 10.2. The highest BCUT2D eigenvalue weighted by Crippen LogP contribution is 2.45. The number of thioether (sulfide) groups is 1. The Kier molecular flexibility index (Phi) is 2.19. The van der Waals surface area contributed by atoms with Gasteiger partial charge in [-0.25, -0.2) is 0 Å². The van der Waals surface area contributed by atoms with Gasteiger partial charge in [-0.05, 0) is 5.56 Å². The lowest BCUT2D eigenvalue weighted by Gasteiger charge is -2.18. The van der Waals surface area contributed by atoms with Crippen molar-refractivity contribution in [3.63, 3.8) is 0 Å². The topological polar surface area (TPSA) is 24.9 Å². The molecule has 1 atom stereocenters. The maximum Gasteiger partial charge on any atom is 0.191 e. The zero-order valence-corrected chi connectivity index (χ0v) is 8.18. The van der Waals surface area contributed by atoms with E-state index in [4.69, 9.17) is 9.68 Å². The molecule has 1 aromatic rings. The standard InChI is InChI=1S/C9H9N2O2S/c1-2-4-8(5-3-1)9-11-10(6-14-9)12-7-13-11/h1-6,9H,7H2. The molecule has 3 rings (SSSR count). The van der Waals surface area contributed by atoms with Crippen LogP contribution in [0.2, 0.25) is 0 Å². The number of benzene rings is 1. The summed E-state index contributed by atoms with van der Waals surface area (Å²) in [6.45, 7) is 0.292. The monoisotopic (exact) mass is 209 g/mol. The number of hydrogen-bond acceptors (Lipinski definition) is 5. The van der Waals surface area contributed by atoms with E-state index in [1.165, 1.54) is 5.56 Å². The van der Waals surface area contributed by atoms with Crippen LogP contribution in [0, 0.1) is 5.88 Å². The molecule has 5 heteroatoms. The van der Waals surface area contributed by atoms with Crippen LogP contribution in [0.4, 0.5) is 0 Å². The summed E-state index contributed by atoms with van der Waals surface area (Å²) in [6.07, 6.45) is 0. The third-order valence-electron chi connectivity index (χ3n) is 2.13. The van der Waals surface area contributed by atoms with Crippen molar-refractivity contribution in [2.24, 2.45) is 0 Å². The highest BCUT2D eigenvalue weighted by atomic mass is 32.2. The molecule has 0 aromatic heterocycles. The van der Waals surface area contributed by atoms with Crippen molar-refractivity contribution in [1.29, 1.82) is 0 Å². The first-order chi connectivity index (χ1) is 6.95. The van der Waals surface area contributed by atoms with Crippen molar-refractivity contribution in [3.05, 3.63) is 41.8 Å². The Bertz CT molecular complexity index is 322. The minimum absolute atomic E-state index is 0.165. The number of hydrogen-bond donors (Lipinski definition) is 0. The predicted octanol–water partition coefficient (Wildman–Crippen LogP) is 1.90. The Labute approximate surface area is 86.3 Å². The Morgan fingerprint density at radius 1 is 1.21 bits per heavy atom. The Balaban J connectivity index is 1.86. The van der Waals surface area contributed by atoms with Gasteiger partial charge in [0.2, 0.25) is 0 Å². The number of fused-ring (bicyclic) bond motifs is 1. The molecule has 4 nitrogen and oxygen atoms in total. The third kappa shape index (κ3) is 1.34. The van der Waals surface area contributed by atoms with Gasteiger partial charge in [0.25, 0.3) is 0 Å². The quantitative estimate of drug-likeness (QED) is 0.703. The lowest BCUT2D eigenvalue weighted by molar-refractivity contribution is -0.252. The van der Waals surface area contributed by atoms with Gasteiger partial charge in [0.15, 0.2) is 6.79 Å². The van der Waals surface area contributed by atoms with Gasteiger partial charge in [-0.15, -0.1) is 11.8 Å². The van der Waals surface area contributed by atoms with Crippen molar-refractivity contribution in [3.8, 4) is 0 Å². The Morgan fingerprint density at radius 3 is 2.93 bits per heavy atom. The van der Waals surface area contributed by atoms with Gasteiger partial charge < -0.3 is 0 Å². The summed E-state index contributed by atoms with van der Waals surface area (Å²) in [7, 11) is 0. The molecule has 0 aliphatic carbocycles. The summed E-state index contributed by atoms with van der Waals surface area (Å²) in [5.41, 5.74) is 1.21. The first-order valence-corrected chi connectivity index (χ1v) is 5.27. The molecule has 2 aliphatic rings. The molecule has 0 amide bonds. The van der Waals surface area contributed by atoms with Gasteiger partial charge in [0, 0.05) is 0 Å². The van der Waals surface area contributed by atoms with Crippen molar-refractivity contribution in [2.75, 3.05) is 6.79 Å². The van der Waals surface area contributed by atoms with Gasteiger partial charge in [0.05, 0.1) is 0 Å². The van der Waals surface area contributed by atoms with E-state index in [1.807, 2.05) is 24.1 Å². The molecule has 1 unspecified atom stereocenters. The van der Waals surface area contributed by atoms with Gasteiger partial charge >= 0.3 is 0 Å². The van der Waals surface area contributed by atoms with Crippen LogP contribution in [0.1, 0.15) is 10.9 Å². The van der Waals surface area contributed by atoms with Crippen LogP contribution < -0.4 is 0 Å². The molecule has 0 bridgehead atoms. The second kappa shape index (κ2) is 3.52. The Hall–Kier alpha value is -0.590. The number of rotatable bonds is 1. The van der Waals surface area contributed by atoms with Crippen LogP contribution >= 0.6 is 11.8 Å². The van der Waals surface area contributed by atoms with Crippen molar-refractivity contribution in [2.45, 2.75) is 5.37 Å². The maximum atomic E-state index is 5.33. The number of hydrazine groups is 1. The fraction of sp³-hybridized carbons (Fsp3) is 0.222. The van der Waals surface area contributed by atoms with E-state index >= 15 is 0 Å².